The predicted molar refractivity (Wildman–Crippen MR) is 118 cm³/mol. The summed E-state index contributed by atoms with van der Waals surface area (Å²) in [6.45, 7) is 10.4. The maximum Gasteiger partial charge on any atom is 0.340 e. The second-order valence-corrected chi connectivity index (χ2v) is 8.63. The molecule has 3 rings (SSSR count). The lowest BCUT2D eigenvalue weighted by molar-refractivity contribution is -0.126. The van der Waals surface area contributed by atoms with Crippen molar-refractivity contribution in [1.82, 2.24) is 20.1 Å². The van der Waals surface area contributed by atoms with E-state index < -0.39 is 5.97 Å². The Balaban J connectivity index is 1.57. The third-order valence-electron chi connectivity index (χ3n) is 6.39. The molecule has 3 heterocycles. The summed E-state index contributed by atoms with van der Waals surface area (Å²) in [7, 11) is 0. The number of nitrogens with zero attached hydrogens (tertiary/aromatic N) is 2. The third-order valence-corrected chi connectivity index (χ3v) is 6.39. The summed E-state index contributed by atoms with van der Waals surface area (Å²) < 4.78 is 5.12. The van der Waals surface area contributed by atoms with E-state index in [0.717, 1.165) is 32.5 Å². The fourth-order valence-electron chi connectivity index (χ4n) is 4.67. The van der Waals surface area contributed by atoms with E-state index in [2.05, 4.69) is 15.2 Å². The normalized spacial score (nSPS) is 19.8. The van der Waals surface area contributed by atoms with Gasteiger partial charge in [-0.15, -0.1) is 0 Å². The van der Waals surface area contributed by atoms with E-state index >= 15 is 0 Å². The topological polar surface area (TPSA) is 94.7 Å². The Morgan fingerprint density at radius 2 is 1.84 bits per heavy atom. The van der Waals surface area contributed by atoms with Gasteiger partial charge in [0.1, 0.15) is 5.69 Å². The summed E-state index contributed by atoms with van der Waals surface area (Å²) >= 11 is 0. The number of hydrogen-bond donors (Lipinski definition) is 2. The van der Waals surface area contributed by atoms with Crippen LogP contribution in [0.25, 0.3) is 0 Å². The van der Waals surface area contributed by atoms with Gasteiger partial charge in [0.05, 0.1) is 18.1 Å². The summed E-state index contributed by atoms with van der Waals surface area (Å²) in [5.41, 5.74) is 2.07. The van der Waals surface area contributed by atoms with Gasteiger partial charge in [-0.25, -0.2) is 4.79 Å². The van der Waals surface area contributed by atoms with E-state index in [1.807, 2.05) is 0 Å². The summed E-state index contributed by atoms with van der Waals surface area (Å²) in [6.07, 6.45) is 5.36. The molecule has 2 fully saturated rings. The minimum Gasteiger partial charge on any atom is -0.462 e. The Morgan fingerprint density at radius 3 is 2.55 bits per heavy atom. The first-order chi connectivity index (χ1) is 14.9. The van der Waals surface area contributed by atoms with Crippen molar-refractivity contribution in [2.75, 3.05) is 45.9 Å². The molecule has 0 aromatic carbocycles. The van der Waals surface area contributed by atoms with Crippen LogP contribution >= 0.6 is 0 Å². The van der Waals surface area contributed by atoms with Gasteiger partial charge >= 0.3 is 5.97 Å². The zero-order chi connectivity index (χ0) is 22.4. The molecule has 0 saturated carbocycles. The molecule has 0 aliphatic carbocycles. The molecule has 0 spiro atoms. The Kier molecular flexibility index (Phi) is 8.12. The first kappa shape index (κ1) is 23.3. The van der Waals surface area contributed by atoms with Crippen molar-refractivity contribution < 1.29 is 19.1 Å². The Labute approximate surface area is 184 Å². The maximum absolute atomic E-state index is 13.2. The number of ether oxygens (including phenoxy) is 1. The molecule has 0 bridgehead atoms. The van der Waals surface area contributed by atoms with Crippen LogP contribution in [0, 0.1) is 19.8 Å². The van der Waals surface area contributed by atoms with Crippen LogP contribution in [0.1, 0.15) is 71.1 Å². The van der Waals surface area contributed by atoms with Gasteiger partial charge in [0.25, 0.3) is 5.91 Å². The van der Waals surface area contributed by atoms with Crippen LogP contribution in [0.4, 0.5) is 0 Å². The van der Waals surface area contributed by atoms with Crippen LogP contribution in [-0.2, 0) is 9.53 Å². The van der Waals surface area contributed by atoms with Gasteiger partial charge in [0.2, 0.25) is 5.91 Å². The summed E-state index contributed by atoms with van der Waals surface area (Å²) in [6, 6.07) is 0. The standard InChI is InChI=1S/C23H36N4O4/c1-4-31-23(30)19-16(2)20(25-17(19)3)22(29)27-13-8-9-18(15-27)21(28)24-10-14-26-11-6-5-7-12-26/h18,25H,4-15H2,1-3H3,(H,24,28). The van der Waals surface area contributed by atoms with Crippen LogP contribution in [0.15, 0.2) is 0 Å². The van der Waals surface area contributed by atoms with Crippen molar-refractivity contribution in [2.24, 2.45) is 5.92 Å². The van der Waals surface area contributed by atoms with Crippen LogP contribution in [0.3, 0.4) is 0 Å². The van der Waals surface area contributed by atoms with E-state index in [-0.39, 0.29) is 24.3 Å². The Morgan fingerprint density at radius 1 is 1.10 bits per heavy atom. The molecule has 1 unspecified atom stereocenters. The highest BCUT2D eigenvalue weighted by atomic mass is 16.5. The van der Waals surface area contributed by atoms with Gasteiger partial charge in [-0.05, 0) is 65.1 Å². The van der Waals surface area contributed by atoms with Gasteiger partial charge in [-0.2, -0.15) is 0 Å². The molecule has 2 aliphatic rings. The molecule has 1 aromatic heterocycles. The number of aryl methyl sites for hydroxylation is 1. The number of amides is 2. The molecular formula is C23H36N4O4. The number of aromatic nitrogens is 1. The number of carbonyl (C=O) groups excluding carboxylic acids is 3. The van der Waals surface area contributed by atoms with Crippen molar-refractivity contribution in [3.8, 4) is 0 Å². The number of aromatic amines is 1. The lowest BCUT2D eigenvalue weighted by Crippen LogP contribution is -2.47. The third kappa shape index (κ3) is 5.67. The molecule has 31 heavy (non-hydrogen) atoms. The molecule has 2 N–H and O–H groups in total. The maximum atomic E-state index is 13.2. The minimum atomic E-state index is -0.419. The van der Waals surface area contributed by atoms with Crippen molar-refractivity contribution in [2.45, 2.75) is 52.9 Å². The number of piperidine rings is 2. The van der Waals surface area contributed by atoms with E-state index in [0.29, 0.717) is 42.1 Å². The van der Waals surface area contributed by atoms with Crippen LogP contribution in [-0.4, -0.2) is 78.4 Å². The largest absolute Gasteiger partial charge is 0.462 e. The zero-order valence-electron chi connectivity index (χ0n) is 19.1. The van der Waals surface area contributed by atoms with Crippen LogP contribution < -0.4 is 5.32 Å². The number of hydrogen-bond acceptors (Lipinski definition) is 5. The van der Waals surface area contributed by atoms with E-state index in [1.165, 1.54) is 19.3 Å². The monoisotopic (exact) mass is 432 g/mol. The highest BCUT2D eigenvalue weighted by Crippen LogP contribution is 2.23. The molecule has 0 radical (unpaired) electrons. The van der Waals surface area contributed by atoms with Gasteiger partial charge < -0.3 is 24.8 Å². The number of nitrogens with one attached hydrogen (secondary N) is 2. The van der Waals surface area contributed by atoms with Crippen LogP contribution in [0.5, 0.6) is 0 Å². The molecule has 172 valence electrons. The van der Waals surface area contributed by atoms with Crippen molar-refractivity contribution in [1.29, 1.82) is 0 Å². The highest BCUT2D eigenvalue weighted by Gasteiger charge is 2.31. The molecule has 2 amide bonds. The van der Waals surface area contributed by atoms with Crippen LogP contribution in [0.2, 0.25) is 0 Å². The number of esters is 1. The Bertz CT molecular complexity index is 798. The van der Waals surface area contributed by atoms with E-state index in [9.17, 15) is 14.4 Å². The quantitative estimate of drug-likeness (QED) is 0.645. The first-order valence-electron chi connectivity index (χ1n) is 11.6. The second kappa shape index (κ2) is 10.8. The average molecular weight is 433 g/mol. The lowest BCUT2D eigenvalue weighted by Gasteiger charge is -2.32. The first-order valence-corrected chi connectivity index (χ1v) is 11.6. The fraction of sp³-hybridized carbons (Fsp3) is 0.696. The minimum absolute atomic E-state index is 0.0288. The lowest BCUT2D eigenvalue weighted by atomic mass is 9.96. The van der Waals surface area contributed by atoms with Crippen molar-refractivity contribution >= 4 is 17.8 Å². The highest BCUT2D eigenvalue weighted by molar-refractivity contribution is 6.00. The fourth-order valence-corrected chi connectivity index (χ4v) is 4.67. The summed E-state index contributed by atoms with van der Waals surface area (Å²) in [5, 5.41) is 3.06. The second-order valence-electron chi connectivity index (χ2n) is 8.63. The average Bonchev–Trinajstić information content (AvgIpc) is 3.08. The number of rotatable bonds is 7. The predicted octanol–water partition coefficient (Wildman–Crippen LogP) is 2.26. The van der Waals surface area contributed by atoms with Gasteiger partial charge in [0, 0.05) is 31.9 Å². The summed E-state index contributed by atoms with van der Waals surface area (Å²) in [4.78, 5) is 45.3. The van der Waals surface area contributed by atoms with E-state index in [4.69, 9.17) is 4.74 Å². The molecule has 8 heteroatoms. The number of likely N-dealkylation sites (tertiary alicyclic amines) is 2. The SMILES string of the molecule is CCOC(=O)c1c(C)[nH]c(C(=O)N2CCCC(C(=O)NCCN3CCCCC3)C2)c1C. The van der Waals surface area contributed by atoms with Crippen molar-refractivity contribution in [3.63, 3.8) is 0 Å². The van der Waals surface area contributed by atoms with Gasteiger partial charge in [-0.1, -0.05) is 6.42 Å². The molecular weight excluding hydrogens is 396 g/mol. The molecule has 8 nitrogen and oxygen atoms in total. The summed E-state index contributed by atoms with van der Waals surface area (Å²) in [5.74, 6) is -0.750. The smallest absolute Gasteiger partial charge is 0.340 e. The number of H-pyrrole nitrogens is 1. The van der Waals surface area contributed by atoms with Crippen molar-refractivity contribution in [3.05, 3.63) is 22.5 Å². The van der Waals surface area contributed by atoms with E-state index in [1.54, 1.807) is 25.7 Å². The molecule has 2 saturated heterocycles. The van der Waals surface area contributed by atoms with Gasteiger partial charge in [-0.3, -0.25) is 9.59 Å². The Hall–Kier alpha value is -2.35. The van der Waals surface area contributed by atoms with Gasteiger partial charge in [0.15, 0.2) is 0 Å². The molecule has 1 aromatic rings. The molecule has 2 aliphatic heterocycles. The molecule has 1 atom stereocenters. The zero-order valence-corrected chi connectivity index (χ0v) is 19.1. The number of carbonyl (C=O) groups is 3.